The minimum absolute atomic E-state index is 0.245. The molecule has 12 N–H and O–H groups in total. The Bertz CT molecular complexity index is 2320. The molecule has 3 saturated heterocycles. The molecule has 1 amide bonds. The number of carbonyl (C=O) groups is 1. The van der Waals surface area contributed by atoms with E-state index in [1.807, 2.05) is 6.08 Å². The van der Waals surface area contributed by atoms with Crippen LogP contribution in [0.15, 0.2) is 72.9 Å². The van der Waals surface area contributed by atoms with E-state index < -0.39 is 124 Å². The third-order valence-electron chi connectivity index (χ3n) is 23.0. The number of ether oxygens (including phenoxy) is 6. The van der Waals surface area contributed by atoms with Gasteiger partial charge in [0.15, 0.2) is 18.9 Å². The summed E-state index contributed by atoms with van der Waals surface area (Å²) in [5, 5.41) is 121. The van der Waals surface area contributed by atoms with Gasteiger partial charge in [-0.2, -0.15) is 0 Å². The zero-order valence-electron chi connectivity index (χ0n) is 71.4. The number of hydrogen-bond acceptors (Lipinski definition) is 18. The highest BCUT2D eigenvalue weighted by Gasteiger charge is 2.54. The number of rotatable bonds is 76. The average Bonchev–Trinajstić information content (AvgIpc) is 0.779. The molecule has 0 aromatic carbocycles. The van der Waals surface area contributed by atoms with E-state index in [4.69, 9.17) is 28.4 Å². The van der Waals surface area contributed by atoms with Gasteiger partial charge in [-0.1, -0.05) is 389 Å². The number of carbonyl (C=O) groups excluding carboxylic acids is 1. The van der Waals surface area contributed by atoms with Gasteiger partial charge in [0.05, 0.1) is 38.6 Å². The van der Waals surface area contributed by atoms with Crippen LogP contribution in [-0.2, 0) is 33.2 Å². The molecule has 3 fully saturated rings. The zero-order chi connectivity index (χ0) is 81.7. The third kappa shape index (κ3) is 51.5. The maximum atomic E-state index is 13.5. The topological polar surface area (TPSA) is 307 Å². The Morgan fingerprint density at radius 2 is 0.611 bits per heavy atom. The highest BCUT2D eigenvalue weighted by molar-refractivity contribution is 5.76. The van der Waals surface area contributed by atoms with Gasteiger partial charge in [-0.3, -0.25) is 4.79 Å². The Labute approximate surface area is 687 Å². The van der Waals surface area contributed by atoms with Gasteiger partial charge in [-0.15, -0.1) is 0 Å². The highest BCUT2D eigenvalue weighted by Crippen LogP contribution is 2.34. The van der Waals surface area contributed by atoms with Crippen molar-refractivity contribution in [2.45, 2.75) is 491 Å². The Kier molecular flexibility index (Phi) is 67.6. The van der Waals surface area contributed by atoms with Gasteiger partial charge < -0.3 is 89.9 Å². The summed E-state index contributed by atoms with van der Waals surface area (Å²) in [7, 11) is 0. The van der Waals surface area contributed by atoms with Gasteiger partial charge in [0.25, 0.3) is 0 Å². The van der Waals surface area contributed by atoms with E-state index in [0.29, 0.717) is 6.42 Å². The average molecular weight is 1600 g/mol. The zero-order valence-corrected chi connectivity index (χ0v) is 71.4. The molecule has 113 heavy (non-hydrogen) atoms. The second-order valence-electron chi connectivity index (χ2n) is 33.1. The van der Waals surface area contributed by atoms with Crippen molar-refractivity contribution in [1.29, 1.82) is 0 Å². The van der Waals surface area contributed by atoms with E-state index in [1.165, 1.54) is 283 Å². The third-order valence-corrected chi connectivity index (χ3v) is 23.0. The van der Waals surface area contributed by atoms with Crippen LogP contribution < -0.4 is 5.32 Å². The molecular weight excluding hydrogens is 1430 g/mol. The number of allylic oxidation sites excluding steroid dienone is 11. The van der Waals surface area contributed by atoms with E-state index in [1.54, 1.807) is 6.08 Å². The van der Waals surface area contributed by atoms with Gasteiger partial charge in [0.1, 0.15) is 73.2 Å². The summed E-state index contributed by atoms with van der Waals surface area (Å²) in [6.07, 6.45) is 72.0. The molecule has 0 spiro atoms. The van der Waals surface area contributed by atoms with Crippen LogP contribution in [0, 0.1) is 0 Å². The molecule has 0 aromatic heterocycles. The van der Waals surface area contributed by atoms with Crippen molar-refractivity contribution < 1.29 is 89.4 Å². The molecule has 3 aliphatic rings. The number of unbranched alkanes of at least 4 members (excludes halogenated alkanes) is 50. The normalized spacial score (nSPS) is 25.1. The summed E-state index contributed by atoms with van der Waals surface area (Å²) in [6.45, 7) is 1.68. The summed E-state index contributed by atoms with van der Waals surface area (Å²) in [6, 6.07) is -0.976. The number of hydrogen-bond donors (Lipinski definition) is 12. The fourth-order valence-electron chi connectivity index (χ4n) is 15.6. The maximum Gasteiger partial charge on any atom is 0.220 e. The van der Waals surface area contributed by atoms with Gasteiger partial charge in [-0.25, -0.2) is 0 Å². The Balaban J connectivity index is 1.31. The van der Waals surface area contributed by atoms with Crippen LogP contribution in [0.2, 0.25) is 0 Å². The largest absolute Gasteiger partial charge is 0.394 e. The summed E-state index contributed by atoms with van der Waals surface area (Å²) in [4.78, 5) is 13.5. The lowest BCUT2D eigenvalue weighted by atomic mass is 9.96. The summed E-state index contributed by atoms with van der Waals surface area (Å²) < 4.78 is 34.6. The lowest BCUT2D eigenvalue weighted by Gasteiger charge is -2.48. The number of amides is 1. The van der Waals surface area contributed by atoms with Crippen LogP contribution in [0.1, 0.15) is 386 Å². The summed E-state index contributed by atoms with van der Waals surface area (Å²) in [5.74, 6) is -0.269. The van der Waals surface area contributed by atoms with Crippen molar-refractivity contribution in [3.8, 4) is 0 Å². The van der Waals surface area contributed by atoms with Crippen molar-refractivity contribution in [1.82, 2.24) is 5.32 Å². The van der Waals surface area contributed by atoms with Crippen molar-refractivity contribution in [3.63, 3.8) is 0 Å². The Morgan fingerprint density at radius 3 is 0.956 bits per heavy atom. The maximum absolute atomic E-state index is 13.5. The molecule has 19 nitrogen and oxygen atoms in total. The summed E-state index contributed by atoms with van der Waals surface area (Å²) in [5.41, 5.74) is 0. The van der Waals surface area contributed by atoms with E-state index in [9.17, 15) is 61.0 Å². The first kappa shape index (κ1) is 104. The first-order valence-electron chi connectivity index (χ1n) is 46.7. The smallest absolute Gasteiger partial charge is 0.220 e. The molecule has 3 aliphatic heterocycles. The van der Waals surface area contributed by atoms with Gasteiger partial charge in [-0.05, 0) is 64.2 Å². The van der Waals surface area contributed by atoms with Crippen LogP contribution in [0.25, 0.3) is 0 Å². The van der Waals surface area contributed by atoms with Crippen LogP contribution >= 0.6 is 0 Å². The monoisotopic (exact) mass is 1600 g/mol. The molecule has 17 atom stereocenters. The van der Waals surface area contributed by atoms with E-state index >= 15 is 0 Å². The second kappa shape index (κ2) is 73.2. The van der Waals surface area contributed by atoms with Crippen LogP contribution in [0.5, 0.6) is 0 Å². The minimum Gasteiger partial charge on any atom is -0.394 e. The van der Waals surface area contributed by atoms with Crippen molar-refractivity contribution >= 4 is 5.91 Å². The van der Waals surface area contributed by atoms with Crippen LogP contribution in [0.3, 0.4) is 0 Å². The van der Waals surface area contributed by atoms with Crippen molar-refractivity contribution in [2.75, 3.05) is 26.4 Å². The minimum atomic E-state index is -1.98. The fraction of sp³-hybridized carbons (Fsp3) is 0.862. The van der Waals surface area contributed by atoms with Gasteiger partial charge >= 0.3 is 0 Å². The molecule has 660 valence electrons. The second-order valence-corrected chi connectivity index (χ2v) is 33.1. The van der Waals surface area contributed by atoms with Gasteiger partial charge in [0, 0.05) is 6.42 Å². The van der Waals surface area contributed by atoms with Crippen LogP contribution in [-0.4, -0.2) is 193 Å². The Morgan fingerprint density at radius 1 is 0.327 bits per heavy atom. The van der Waals surface area contributed by atoms with E-state index in [0.717, 1.165) is 77.0 Å². The van der Waals surface area contributed by atoms with E-state index in [-0.39, 0.29) is 18.9 Å². The van der Waals surface area contributed by atoms with E-state index in [2.05, 4.69) is 79.9 Å². The first-order valence-corrected chi connectivity index (χ1v) is 46.7. The predicted octanol–water partition coefficient (Wildman–Crippen LogP) is 18.3. The van der Waals surface area contributed by atoms with Crippen LogP contribution in [0.4, 0.5) is 0 Å². The molecule has 0 saturated carbocycles. The molecule has 0 radical (unpaired) electrons. The SMILES string of the molecule is CC/C=C\C/C=C\C/C=C\C/C=C\C/C=C\CCCCCCCCCCCCCCCCCCCCCCCC(=O)NC(COC1OC(CO)C(OC2OC(CO)C(OC3OC(CO)C(O)C(O)C3O)C(O)C2O)C(O)C1O)C(O)/C=C/CCCCCCCCCCCCCCCCCCCCCCCCCCCCCCC. The molecule has 19 heteroatoms. The molecule has 3 rings (SSSR count). The highest BCUT2D eigenvalue weighted by atomic mass is 16.8. The fourth-order valence-corrected chi connectivity index (χ4v) is 15.6. The lowest BCUT2D eigenvalue weighted by Crippen LogP contribution is -2.66. The number of aliphatic hydroxyl groups is 11. The molecule has 3 heterocycles. The first-order chi connectivity index (χ1) is 55.3. The standard InChI is InChI=1S/C94H171NO18/c1-3-5-7-9-11-13-15-17-19-21-23-25-27-29-31-33-35-36-37-38-39-40-42-44-46-48-50-52-54-56-58-60-62-64-66-68-70-72-82(100)95-77(78(99)71-69-67-65-63-61-59-57-55-53-51-49-47-45-43-41-34-32-30-28-26-24-22-20-18-16-14-12-10-8-6-4-2)76-108-92-88(106)85(103)90(80(74-97)110-92)113-94-89(107)86(104)91(81(75-98)111-94)112-93-87(105)84(102)83(101)79(73-96)109-93/h5,7,11,13,17,19,23,25,29,31,69,71,77-81,83-94,96-99,101-107H,3-4,6,8-10,12,14-16,18,20-22,24,26-28,30,32-68,70,72-76H2,1-2H3,(H,95,100)/b7-5-,13-11-,19-17-,25-23-,31-29-,71-69+. The molecule has 0 aromatic rings. The molecule has 17 unspecified atom stereocenters. The number of nitrogens with one attached hydrogen (secondary N) is 1. The van der Waals surface area contributed by atoms with Gasteiger partial charge in [0.2, 0.25) is 5.91 Å². The van der Waals surface area contributed by atoms with Crippen molar-refractivity contribution in [3.05, 3.63) is 72.9 Å². The molecular formula is C94H171NO18. The Hall–Kier alpha value is -2.77. The predicted molar refractivity (Wildman–Crippen MR) is 457 cm³/mol. The molecule has 0 bridgehead atoms. The summed E-state index contributed by atoms with van der Waals surface area (Å²) >= 11 is 0. The number of aliphatic hydroxyl groups excluding tert-OH is 11. The van der Waals surface area contributed by atoms with Crippen molar-refractivity contribution in [2.24, 2.45) is 0 Å². The molecule has 0 aliphatic carbocycles. The quantitative estimate of drug-likeness (QED) is 0.0199. The lowest BCUT2D eigenvalue weighted by molar-refractivity contribution is -0.379.